The molecular formula is C21H26FNO2. The summed E-state index contributed by atoms with van der Waals surface area (Å²) in [7, 11) is 0. The van der Waals surface area contributed by atoms with Crippen LogP contribution in [-0.4, -0.2) is 5.97 Å². The van der Waals surface area contributed by atoms with Gasteiger partial charge >= 0.3 is 5.97 Å². The van der Waals surface area contributed by atoms with E-state index in [1.54, 1.807) is 19.1 Å². The average Bonchev–Trinajstić information content (AvgIpc) is 2.57. The molecule has 0 aliphatic carbocycles. The maximum atomic E-state index is 13.5. The number of halogens is 1. The number of rotatable bonds is 8. The molecule has 0 unspecified atom stereocenters. The highest BCUT2D eigenvalue weighted by molar-refractivity contribution is 5.89. The van der Waals surface area contributed by atoms with Gasteiger partial charge in [0.1, 0.15) is 17.6 Å². The lowest BCUT2D eigenvalue weighted by Gasteiger charge is -2.07. The fraction of sp³-hybridized carbons (Fsp3) is 0.429. The Morgan fingerprint density at radius 3 is 2.64 bits per heavy atom. The number of carbonyl (C=O) groups is 1. The van der Waals surface area contributed by atoms with Gasteiger partial charge in [-0.05, 0) is 44.2 Å². The summed E-state index contributed by atoms with van der Waals surface area (Å²) < 4.78 is 18.7. The monoisotopic (exact) mass is 343 g/mol. The lowest BCUT2D eigenvalue weighted by atomic mass is 10.0. The van der Waals surface area contributed by atoms with Gasteiger partial charge in [0.25, 0.3) is 0 Å². The van der Waals surface area contributed by atoms with Crippen molar-refractivity contribution in [3.63, 3.8) is 0 Å². The Labute approximate surface area is 149 Å². The Morgan fingerprint density at radius 1 is 1.36 bits per heavy atom. The minimum atomic E-state index is -0.701. The molecular weight excluding hydrogens is 317 g/mol. The molecule has 25 heavy (non-hydrogen) atoms. The number of carbonyl (C=O) groups excluding carboxylic acids is 1. The average molecular weight is 343 g/mol. The summed E-state index contributed by atoms with van der Waals surface area (Å²) in [5, 5.41) is 8.70. The van der Waals surface area contributed by atoms with E-state index < -0.39 is 11.8 Å². The second-order valence-corrected chi connectivity index (χ2v) is 6.46. The van der Waals surface area contributed by atoms with E-state index in [4.69, 9.17) is 10.00 Å². The van der Waals surface area contributed by atoms with E-state index in [-0.39, 0.29) is 11.3 Å². The molecule has 0 saturated carbocycles. The van der Waals surface area contributed by atoms with E-state index >= 15 is 0 Å². The van der Waals surface area contributed by atoms with Crippen LogP contribution in [0.25, 0.3) is 0 Å². The zero-order chi connectivity index (χ0) is 18.8. The number of allylic oxidation sites excluding steroid dienone is 3. The van der Waals surface area contributed by atoms with Crippen LogP contribution in [0.3, 0.4) is 0 Å². The van der Waals surface area contributed by atoms with E-state index in [2.05, 4.69) is 20.8 Å². The smallest absolute Gasteiger partial charge is 0.339 e. The molecule has 1 rings (SSSR count). The number of esters is 1. The molecule has 0 radical (unpaired) electrons. The Hall–Kier alpha value is -2.41. The highest BCUT2D eigenvalue weighted by atomic mass is 19.1. The molecule has 3 nitrogen and oxygen atoms in total. The summed E-state index contributed by atoms with van der Waals surface area (Å²) in [6.45, 7) is 8.19. The molecule has 0 atom stereocenters. The predicted molar refractivity (Wildman–Crippen MR) is 97.6 cm³/mol. The standard InChI is InChI=1S/C21H26FNO2/c1-5-17(8-6-7-15(2)3)10-9-16(4)21(24)25-19-12-11-18(14-23)20(22)13-19/h9-13,15H,5-8H2,1-4H3/b16-9+,17-10+. The molecule has 0 aromatic heterocycles. The van der Waals surface area contributed by atoms with Crippen molar-refractivity contribution in [2.24, 2.45) is 5.92 Å². The molecule has 1 aromatic carbocycles. The molecule has 0 heterocycles. The van der Waals surface area contributed by atoms with E-state index in [0.29, 0.717) is 11.5 Å². The molecule has 0 N–H and O–H groups in total. The van der Waals surface area contributed by atoms with E-state index in [9.17, 15) is 9.18 Å². The first-order valence-electron chi connectivity index (χ1n) is 8.65. The highest BCUT2D eigenvalue weighted by Crippen LogP contribution is 2.18. The van der Waals surface area contributed by atoms with Gasteiger partial charge in [-0.3, -0.25) is 0 Å². The van der Waals surface area contributed by atoms with Gasteiger partial charge in [-0.25, -0.2) is 9.18 Å². The molecule has 4 heteroatoms. The Bertz CT molecular complexity index is 696. The maximum Gasteiger partial charge on any atom is 0.339 e. The predicted octanol–water partition coefficient (Wildman–Crippen LogP) is 5.71. The van der Waals surface area contributed by atoms with Crippen LogP contribution in [0.15, 0.2) is 41.5 Å². The zero-order valence-corrected chi connectivity index (χ0v) is 15.4. The first kappa shape index (κ1) is 20.6. The van der Waals surface area contributed by atoms with Crippen LogP contribution in [-0.2, 0) is 4.79 Å². The van der Waals surface area contributed by atoms with Crippen molar-refractivity contribution < 1.29 is 13.9 Å². The molecule has 0 amide bonds. The van der Waals surface area contributed by atoms with Crippen LogP contribution in [0, 0.1) is 23.1 Å². The van der Waals surface area contributed by atoms with Crippen molar-refractivity contribution in [3.05, 3.63) is 52.9 Å². The fourth-order valence-electron chi connectivity index (χ4n) is 2.26. The fourth-order valence-corrected chi connectivity index (χ4v) is 2.26. The quantitative estimate of drug-likeness (QED) is 0.263. The third-order valence-electron chi connectivity index (χ3n) is 3.90. The topological polar surface area (TPSA) is 50.1 Å². The summed E-state index contributed by atoms with van der Waals surface area (Å²) in [6, 6.07) is 5.47. The zero-order valence-electron chi connectivity index (χ0n) is 15.4. The lowest BCUT2D eigenvalue weighted by molar-refractivity contribution is -0.130. The summed E-state index contributed by atoms with van der Waals surface area (Å²) in [4.78, 5) is 12.1. The molecule has 134 valence electrons. The Balaban J connectivity index is 2.70. The van der Waals surface area contributed by atoms with Crippen molar-refractivity contribution in [1.82, 2.24) is 0 Å². The molecule has 1 aromatic rings. The van der Waals surface area contributed by atoms with Crippen molar-refractivity contribution in [2.45, 2.75) is 53.4 Å². The maximum absolute atomic E-state index is 13.5. The minimum Gasteiger partial charge on any atom is -0.423 e. The Morgan fingerprint density at radius 2 is 2.08 bits per heavy atom. The van der Waals surface area contributed by atoms with Crippen LogP contribution >= 0.6 is 0 Å². The first-order valence-corrected chi connectivity index (χ1v) is 8.65. The SMILES string of the molecule is CC/C(=C\C=C(/C)C(=O)Oc1ccc(C#N)c(F)c1)CCCC(C)C. The van der Waals surface area contributed by atoms with Crippen molar-refractivity contribution >= 4 is 5.97 Å². The van der Waals surface area contributed by atoms with Crippen LogP contribution in [0.4, 0.5) is 4.39 Å². The number of ether oxygens (including phenoxy) is 1. The largest absolute Gasteiger partial charge is 0.423 e. The number of hydrogen-bond acceptors (Lipinski definition) is 3. The van der Waals surface area contributed by atoms with Crippen LogP contribution in [0.2, 0.25) is 0 Å². The van der Waals surface area contributed by atoms with Crippen molar-refractivity contribution in [3.8, 4) is 11.8 Å². The third kappa shape index (κ3) is 7.34. The number of benzene rings is 1. The van der Waals surface area contributed by atoms with Crippen LogP contribution in [0.5, 0.6) is 5.75 Å². The highest BCUT2D eigenvalue weighted by Gasteiger charge is 2.09. The summed E-state index contributed by atoms with van der Waals surface area (Å²) in [5.74, 6) is -0.449. The van der Waals surface area contributed by atoms with Gasteiger partial charge in [-0.15, -0.1) is 0 Å². The van der Waals surface area contributed by atoms with Crippen molar-refractivity contribution in [1.29, 1.82) is 5.26 Å². The van der Waals surface area contributed by atoms with Crippen LogP contribution < -0.4 is 4.74 Å². The minimum absolute atomic E-state index is 0.0796. The van der Waals surface area contributed by atoms with Crippen LogP contribution in [0.1, 0.15) is 58.9 Å². The Kier molecular flexibility index (Phi) is 8.63. The van der Waals surface area contributed by atoms with Crippen molar-refractivity contribution in [2.75, 3.05) is 0 Å². The molecule has 0 aliphatic rings. The second-order valence-electron chi connectivity index (χ2n) is 6.46. The molecule has 0 bridgehead atoms. The summed E-state index contributed by atoms with van der Waals surface area (Å²) in [6.07, 6.45) is 8.00. The molecule has 0 fully saturated rings. The first-order chi connectivity index (χ1) is 11.9. The van der Waals surface area contributed by atoms with Gasteiger partial charge in [-0.2, -0.15) is 5.26 Å². The van der Waals surface area contributed by atoms with Gasteiger partial charge in [0.2, 0.25) is 0 Å². The van der Waals surface area contributed by atoms with Gasteiger partial charge < -0.3 is 4.74 Å². The second kappa shape index (κ2) is 10.5. The van der Waals surface area contributed by atoms with Gasteiger partial charge in [0.15, 0.2) is 0 Å². The third-order valence-corrected chi connectivity index (χ3v) is 3.90. The molecule has 0 saturated heterocycles. The molecule has 0 aliphatic heterocycles. The number of nitrogens with zero attached hydrogens (tertiary/aromatic N) is 1. The van der Waals surface area contributed by atoms with E-state index in [1.165, 1.54) is 24.1 Å². The lowest BCUT2D eigenvalue weighted by Crippen LogP contribution is -2.09. The summed E-state index contributed by atoms with van der Waals surface area (Å²) >= 11 is 0. The van der Waals surface area contributed by atoms with Gasteiger partial charge in [0, 0.05) is 11.6 Å². The summed E-state index contributed by atoms with van der Waals surface area (Å²) in [5.41, 5.74) is 1.65. The van der Waals surface area contributed by atoms with Gasteiger partial charge in [-0.1, -0.05) is 44.9 Å². The van der Waals surface area contributed by atoms with Gasteiger partial charge in [0.05, 0.1) is 5.56 Å². The number of nitriles is 1. The van der Waals surface area contributed by atoms with E-state index in [1.807, 2.05) is 6.08 Å². The van der Waals surface area contributed by atoms with E-state index in [0.717, 1.165) is 25.3 Å². The normalized spacial score (nSPS) is 12.2. The number of hydrogen-bond donors (Lipinski definition) is 0. The molecule has 0 spiro atoms.